The van der Waals surface area contributed by atoms with Crippen LogP contribution >= 0.6 is 11.3 Å². The average Bonchev–Trinajstić information content (AvgIpc) is 3.10. The molecule has 0 saturated carbocycles. The molecule has 1 aliphatic heterocycles. The van der Waals surface area contributed by atoms with Gasteiger partial charge in [0.05, 0.1) is 24.5 Å². The second kappa shape index (κ2) is 6.61. The van der Waals surface area contributed by atoms with Gasteiger partial charge in [-0.05, 0) is 35.9 Å². The van der Waals surface area contributed by atoms with Crippen LogP contribution in [0.25, 0.3) is 0 Å². The quantitative estimate of drug-likeness (QED) is 0.620. The molecule has 0 bridgehead atoms. The molecular formula is C20H20N2O3S. The Morgan fingerprint density at radius 3 is 2.65 bits per heavy atom. The molecule has 2 N–H and O–H groups in total. The maximum Gasteiger partial charge on any atom is 0.316 e. The minimum atomic E-state index is -0.758. The van der Waals surface area contributed by atoms with Crippen molar-refractivity contribution in [1.82, 2.24) is 0 Å². The second-order valence-electron chi connectivity index (χ2n) is 6.70. The highest BCUT2D eigenvalue weighted by atomic mass is 32.1. The van der Waals surface area contributed by atoms with Gasteiger partial charge >= 0.3 is 5.97 Å². The van der Waals surface area contributed by atoms with E-state index in [1.165, 1.54) is 7.11 Å². The first-order valence-electron chi connectivity index (χ1n) is 8.61. The Morgan fingerprint density at radius 1 is 1.19 bits per heavy atom. The van der Waals surface area contributed by atoms with Gasteiger partial charge in [-0.2, -0.15) is 0 Å². The van der Waals surface area contributed by atoms with E-state index in [1.54, 1.807) is 11.3 Å². The van der Waals surface area contributed by atoms with Gasteiger partial charge in [0.1, 0.15) is 5.92 Å². The number of hydrogen-bond acceptors (Lipinski definition) is 6. The van der Waals surface area contributed by atoms with E-state index < -0.39 is 11.9 Å². The number of rotatable bonds is 2. The first kappa shape index (κ1) is 16.8. The molecule has 5 nitrogen and oxygen atoms in total. The Kier molecular flexibility index (Phi) is 4.28. The molecule has 0 spiro atoms. The zero-order valence-corrected chi connectivity index (χ0v) is 15.4. The Balaban J connectivity index is 1.86. The fourth-order valence-electron chi connectivity index (χ4n) is 3.80. The lowest BCUT2D eigenvalue weighted by Crippen LogP contribution is -2.39. The molecule has 1 aromatic carbocycles. The van der Waals surface area contributed by atoms with Gasteiger partial charge in [-0.3, -0.25) is 9.59 Å². The zero-order chi connectivity index (χ0) is 18.3. The molecular weight excluding hydrogens is 348 g/mol. The lowest BCUT2D eigenvalue weighted by atomic mass is 9.75. The molecule has 3 atom stereocenters. The number of methoxy groups -OCH3 is 1. The van der Waals surface area contributed by atoms with Crippen molar-refractivity contribution >= 4 is 34.5 Å². The Hall–Kier alpha value is -2.60. The number of esters is 1. The molecule has 1 aliphatic carbocycles. The summed E-state index contributed by atoms with van der Waals surface area (Å²) in [4.78, 5) is 26.6. The second-order valence-corrected chi connectivity index (χ2v) is 7.68. The third kappa shape index (κ3) is 2.70. The molecule has 2 aliphatic rings. The van der Waals surface area contributed by atoms with E-state index in [9.17, 15) is 9.59 Å². The minimum absolute atomic E-state index is 0.115. The molecule has 1 aromatic heterocycles. The summed E-state index contributed by atoms with van der Waals surface area (Å²) in [7, 11) is 1.34. The van der Waals surface area contributed by atoms with Gasteiger partial charge in [0.25, 0.3) is 0 Å². The summed E-state index contributed by atoms with van der Waals surface area (Å²) in [5.41, 5.74) is 3.40. The summed E-state index contributed by atoms with van der Waals surface area (Å²) in [6.45, 7) is 1.93. The summed E-state index contributed by atoms with van der Waals surface area (Å²) < 4.78 is 4.91. The molecule has 0 saturated heterocycles. The van der Waals surface area contributed by atoms with Gasteiger partial charge in [0, 0.05) is 16.1 Å². The summed E-state index contributed by atoms with van der Waals surface area (Å²) in [6, 6.07) is 11.6. The van der Waals surface area contributed by atoms with Crippen molar-refractivity contribution < 1.29 is 14.3 Å². The smallest absolute Gasteiger partial charge is 0.316 e. The zero-order valence-electron chi connectivity index (χ0n) is 14.6. The van der Waals surface area contributed by atoms with E-state index in [1.807, 2.05) is 48.7 Å². The molecule has 26 heavy (non-hydrogen) atoms. The summed E-state index contributed by atoms with van der Waals surface area (Å²) in [5, 5.41) is 8.94. The van der Waals surface area contributed by atoms with Crippen molar-refractivity contribution in [3.63, 3.8) is 0 Å². The number of ketones is 1. The van der Waals surface area contributed by atoms with Crippen molar-refractivity contribution in [3.8, 4) is 0 Å². The highest BCUT2D eigenvalue weighted by molar-refractivity contribution is 7.10. The summed E-state index contributed by atoms with van der Waals surface area (Å²) in [6.07, 6.45) is 0.624. The van der Waals surface area contributed by atoms with E-state index in [-0.39, 0.29) is 17.7 Å². The van der Waals surface area contributed by atoms with E-state index in [0.717, 1.165) is 21.9 Å². The Labute approximate surface area is 156 Å². The normalized spacial score (nSPS) is 24.7. The average molecular weight is 368 g/mol. The van der Waals surface area contributed by atoms with Crippen molar-refractivity contribution in [1.29, 1.82) is 0 Å². The maximum absolute atomic E-state index is 13.3. The number of benzene rings is 1. The molecule has 2 heterocycles. The highest BCUT2D eigenvalue weighted by Gasteiger charge is 2.44. The largest absolute Gasteiger partial charge is 0.468 e. The lowest BCUT2D eigenvalue weighted by molar-refractivity contribution is -0.151. The maximum atomic E-state index is 13.3. The third-order valence-electron chi connectivity index (χ3n) is 5.05. The molecule has 0 amide bonds. The Bertz CT molecular complexity index is 888. The molecule has 4 rings (SSSR count). The molecule has 6 heteroatoms. The SMILES string of the molecule is COC(=O)[C@H]1C(=O)C2=C(C[C@@H]1C)Nc1ccccc1N[C@H]2c1cccs1. The number of fused-ring (bicyclic) bond motifs is 1. The number of carbonyl (C=O) groups excluding carboxylic acids is 2. The molecule has 2 aromatic rings. The molecule has 0 unspecified atom stereocenters. The summed E-state index contributed by atoms with van der Waals surface area (Å²) >= 11 is 1.59. The van der Waals surface area contributed by atoms with Crippen molar-refractivity contribution in [3.05, 3.63) is 57.9 Å². The molecule has 0 radical (unpaired) electrons. The number of nitrogens with one attached hydrogen (secondary N) is 2. The Morgan fingerprint density at radius 2 is 1.96 bits per heavy atom. The van der Waals surface area contributed by atoms with Crippen LogP contribution in [0.5, 0.6) is 0 Å². The van der Waals surface area contributed by atoms with E-state index >= 15 is 0 Å². The first-order valence-corrected chi connectivity index (χ1v) is 9.49. The van der Waals surface area contributed by atoms with Gasteiger partial charge in [0.15, 0.2) is 5.78 Å². The van der Waals surface area contributed by atoms with E-state index in [0.29, 0.717) is 12.0 Å². The van der Waals surface area contributed by atoms with E-state index in [4.69, 9.17) is 4.74 Å². The summed E-state index contributed by atoms with van der Waals surface area (Å²) in [5.74, 6) is -1.49. The monoisotopic (exact) mass is 368 g/mol. The topological polar surface area (TPSA) is 67.4 Å². The predicted molar refractivity (Wildman–Crippen MR) is 102 cm³/mol. The fraction of sp³-hybridized carbons (Fsp3) is 0.300. The van der Waals surface area contributed by atoms with Crippen LogP contribution < -0.4 is 10.6 Å². The van der Waals surface area contributed by atoms with Crippen LogP contribution in [0.1, 0.15) is 24.3 Å². The minimum Gasteiger partial charge on any atom is -0.468 e. The van der Waals surface area contributed by atoms with Crippen LogP contribution in [0.4, 0.5) is 11.4 Å². The standard InChI is InChI=1S/C20H20N2O3S/c1-11-10-14-17(19(23)16(11)20(24)25-2)18(15-8-5-9-26-15)22-13-7-4-3-6-12(13)21-14/h3-9,11,16,18,21-22H,10H2,1-2H3/t11-,16+,18-/m0/s1. The lowest BCUT2D eigenvalue weighted by Gasteiger charge is -2.32. The highest BCUT2D eigenvalue weighted by Crippen LogP contribution is 2.44. The van der Waals surface area contributed by atoms with E-state index in [2.05, 4.69) is 10.6 Å². The van der Waals surface area contributed by atoms with Crippen molar-refractivity contribution in [2.24, 2.45) is 11.8 Å². The third-order valence-corrected chi connectivity index (χ3v) is 5.99. The number of carbonyl (C=O) groups is 2. The van der Waals surface area contributed by atoms with Gasteiger partial charge < -0.3 is 15.4 Å². The van der Waals surface area contributed by atoms with Crippen LogP contribution in [0.15, 0.2) is 53.0 Å². The first-order chi connectivity index (χ1) is 12.6. The van der Waals surface area contributed by atoms with Crippen molar-refractivity contribution in [2.45, 2.75) is 19.4 Å². The number of thiophene rings is 1. The number of anilines is 2. The number of allylic oxidation sites excluding steroid dienone is 1. The molecule has 0 fully saturated rings. The van der Waals surface area contributed by atoms with Crippen molar-refractivity contribution in [2.75, 3.05) is 17.7 Å². The van der Waals surface area contributed by atoms with Crippen LogP contribution in [0.3, 0.4) is 0 Å². The number of Topliss-reactive ketones (excluding diaryl/α,β-unsaturated/α-hetero) is 1. The van der Waals surface area contributed by atoms with Crippen LogP contribution in [-0.4, -0.2) is 18.9 Å². The van der Waals surface area contributed by atoms with Crippen LogP contribution in [0, 0.1) is 11.8 Å². The fourth-order valence-corrected chi connectivity index (χ4v) is 4.59. The number of ether oxygens (including phenoxy) is 1. The van der Waals surface area contributed by atoms with Crippen LogP contribution in [0.2, 0.25) is 0 Å². The van der Waals surface area contributed by atoms with Gasteiger partial charge in [0.2, 0.25) is 0 Å². The number of para-hydroxylation sites is 2. The molecule has 134 valence electrons. The predicted octanol–water partition coefficient (Wildman–Crippen LogP) is 3.98. The van der Waals surface area contributed by atoms with Gasteiger partial charge in [-0.25, -0.2) is 0 Å². The number of hydrogen-bond donors (Lipinski definition) is 2. The van der Waals surface area contributed by atoms with Gasteiger partial charge in [-0.1, -0.05) is 25.1 Å². The van der Waals surface area contributed by atoms with Crippen LogP contribution in [-0.2, 0) is 14.3 Å². The van der Waals surface area contributed by atoms with Gasteiger partial charge in [-0.15, -0.1) is 11.3 Å².